The fourth-order valence-corrected chi connectivity index (χ4v) is 2.03. The van der Waals surface area contributed by atoms with Crippen molar-refractivity contribution in [3.05, 3.63) is 29.8 Å². The molecule has 0 aromatic heterocycles. The molecule has 0 saturated carbocycles. The summed E-state index contributed by atoms with van der Waals surface area (Å²) < 4.78 is 31.2. The van der Waals surface area contributed by atoms with E-state index in [2.05, 4.69) is 5.32 Å². The summed E-state index contributed by atoms with van der Waals surface area (Å²) in [7, 11) is 0. The SMILES string of the molecule is CC(Oc1ccc(F)c(F)c1)C(=O)NC(CO)CC(C)(C)C. The second kappa shape index (κ2) is 7.54. The lowest BCUT2D eigenvalue weighted by atomic mass is 9.88. The second-order valence-electron chi connectivity index (χ2n) is 6.49. The van der Waals surface area contributed by atoms with Gasteiger partial charge in [0.15, 0.2) is 17.7 Å². The molecule has 1 rings (SSSR count). The number of amides is 1. The van der Waals surface area contributed by atoms with Crippen LogP contribution in [0.15, 0.2) is 18.2 Å². The van der Waals surface area contributed by atoms with Crippen LogP contribution in [0.25, 0.3) is 0 Å². The number of aliphatic hydroxyl groups is 1. The Morgan fingerprint density at radius 3 is 2.45 bits per heavy atom. The molecule has 6 heteroatoms. The molecule has 1 aromatic carbocycles. The van der Waals surface area contributed by atoms with Crippen molar-refractivity contribution >= 4 is 5.91 Å². The normalized spacial score (nSPS) is 14.3. The first kappa shape index (κ1) is 18.4. The first-order chi connectivity index (χ1) is 10.1. The molecular weight excluding hydrogens is 292 g/mol. The predicted molar refractivity (Wildman–Crippen MR) is 79.5 cm³/mol. The van der Waals surface area contributed by atoms with E-state index in [0.717, 1.165) is 12.1 Å². The molecule has 0 aliphatic rings. The highest BCUT2D eigenvalue weighted by Gasteiger charge is 2.23. The number of benzene rings is 1. The molecule has 2 N–H and O–H groups in total. The number of hydrogen-bond donors (Lipinski definition) is 2. The van der Waals surface area contributed by atoms with E-state index in [-0.39, 0.29) is 23.8 Å². The van der Waals surface area contributed by atoms with E-state index in [1.807, 2.05) is 20.8 Å². The number of nitrogens with one attached hydrogen (secondary N) is 1. The van der Waals surface area contributed by atoms with Crippen LogP contribution in [-0.4, -0.2) is 29.8 Å². The Hall–Kier alpha value is -1.69. The van der Waals surface area contributed by atoms with Crippen molar-refractivity contribution in [1.29, 1.82) is 0 Å². The third kappa shape index (κ3) is 5.97. The Morgan fingerprint density at radius 1 is 1.32 bits per heavy atom. The van der Waals surface area contributed by atoms with Gasteiger partial charge in [0.25, 0.3) is 5.91 Å². The maximum absolute atomic E-state index is 13.1. The smallest absolute Gasteiger partial charge is 0.261 e. The minimum absolute atomic E-state index is 0.0507. The number of aliphatic hydroxyl groups excluding tert-OH is 1. The topological polar surface area (TPSA) is 58.6 Å². The molecule has 22 heavy (non-hydrogen) atoms. The van der Waals surface area contributed by atoms with Crippen molar-refractivity contribution in [2.75, 3.05) is 6.61 Å². The predicted octanol–water partition coefficient (Wildman–Crippen LogP) is 2.65. The number of halogens is 2. The van der Waals surface area contributed by atoms with Crippen molar-refractivity contribution in [2.24, 2.45) is 5.41 Å². The van der Waals surface area contributed by atoms with Crippen LogP contribution in [0, 0.1) is 17.0 Å². The molecule has 2 atom stereocenters. The summed E-state index contributed by atoms with van der Waals surface area (Å²) in [6.45, 7) is 7.33. The first-order valence-corrected chi connectivity index (χ1v) is 7.15. The van der Waals surface area contributed by atoms with Gasteiger partial charge < -0.3 is 15.2 Å². The molecule has 2 unspecified atom stereocenters. The lowest BCUT2D eigenvalue weighted by molar-refractivity contribution is -0.128. The fourth-order valence-electron chi connectivity index (χ4n) is 2.03. The minimum atomic E-state index is -1.04. The van der Waals surface area contributed by atoms with Gasteiger partial charge in [-0.1, -0.05) is 20.8 Å². The van der Waals surface area contributed by atoms with Crippen molar-refractivity contribution in [1.82, 2.24) is 5.32 Å². The number of carbonyl (C=O) groups excluding carboxylic acids is 1. The van der Waals surface area contributed by atoms with Crippen LogP contribution in [0.5, 0.6) is 5.75 Å². The molecule has 0 bridgehead atoms. The van der Waals surface area contributed by atoms with Gasteiger partial charge in [0, 0.05) is 6.07 Å². The van der Waals surface area contributed by atoms with Crippen LogP contribution in [0.4, 0.5) is 8.78 Å². The van der Waals surface area contributed by atoms with E-state index >= 15 is 0 Å². The molecule has 1 aromatic rings. The standard InChI is InChI=1S/C16H23F2NO3/c1-10(22-12-5-6-13(17)14(18)7-12)15(21)19-11(9-20)8-16(2,3)4/h5-7,10-11,20H,8-9H2,1-4H3,(H,19,21). The molecule has 0 fully saturated rings. The summed E-state index contributed by atoms with van der Waals surface area (Å²) in [5.74, 6) is -2.37. The van der Waals surface area contributed by atoms with Crippen molar-refractivity contribution in [3.63, 3.8) is 0 Å². The van der Waals surface area contributed by atoms with Crippen LogP contribution in [0.1, 0.15) is 34.1 Å². The maximum atomic E-state index is 13.1. The highest BCUT2D eigenvalue weighted by atomic mass is 19.2. The van der Waals surface area contributed by atoms with Crippen LogP contribution < -0.4 is 10.1 Å². The number of rotatable bonds is 6. The van der Waals surface area contributed by atoms with E-state index < -0.39 is 23.6 Å². The molecule has 0 spiro atoms. The number of carbonyl (C=O) groups is 1. The van der Waals surface area contributed by atoms with Gasteiger partial charge in [0.05, 0.1) is 12.6 Å². The van der Waals surface area contributed by atoms with E-state index in [0.29, 0.717) is 6.42 Å². The van der Waals surface area contributed by atoms with Crippen molar-refractivity contribution in [3.8, 4) is 5.75 Å². The summed E-state index contributed by atoms with van der Waals surface area (Å²) in [5, 5.41) is 12.0. The summed E-state index contributed by atoms with van der Waals surface area (Å²) in [6, 6.07) is 2.69. The van der Waals surface area contributed by atoms with Crippen molar-refractivity contribution < 1.29 is 23.4 Å². The average molecular weight is 315 g/mol. The van der Waals surface area contributed by atoms with Gasteiger partial charge in [-0.15, -0.1) is 0 Å². The monoisotopic (exact) mass is 315 g/mol. The average Bonchev–Trinajstić information content (AvgIpc) is 2.40. The molecule has 0 aliphatic carbocycles. The minimum Gasteiger partial charge on any atom is -0.481 e. The Bertz CT molecular complexity index is 515. The van der Waals surface area contributed by atoms with Gasteiger partial charge in [-0.05, 0) is 30.9 Å². The lowest BCUT2D eigenvalue weighted by Gasteiger charge is -2.26. The molecule has 124 valence electrons. The number of ether oxygens (including phenoxy) is 1. The van der Waals surface area contributed by atoms with Gasteiger partial charge >= 0.3 is 0 Å². The summed E-state index contributed by atoms with van der Waals surface area (Å²) >= 11 is 0. The van der Waals surface area contributed by atoms with Gasteiger partial charge in [-0.25, -0.2) is 8.78 Å². The Morgan fingerprint density at radius 2 is 1.95 bits per heavy atom. The van der Waals surface area contributed by atoms with Gasteiger partial charge in [-0.2, -0.15) is 0 Å². The van der Waals surface area contributed by atoms with Crippen molar-refractivity contribution in [2.45, 2.75) is 46.3 Å². The Labute approximate surface area is 129 Å². The van der Waals surface area contributed by atoms with E-state index in [9.17, 15) is 18.7 Å². The zero-order valence-corrected chi connectivity index (χ0v) is 13.3. The van der Waals surface area contributed by atoms with Crippen LogP contribution in [0.2, 0.25) is 0 Å². The molecule has 1 amide bonds. The third-order valence-corrected chi connectivity index (χ3v) is 3.00. The lowest BCUT2D eigenvalue weighted by Crippen LogP contribution is -2.45. The van der Waals surface area contributed by atoms with E-state index in [1.165, 1.54) is 13.0 Å². The highest BCUT2D eigenvalue weighted by Crippen LogP contribution is 2.21. The van der Waals surface area contributed by atoms with Crippen LogP contribution in [0.3, 0.4) is 0 Å². The molecule has 0 radical (unpaired) electrons. The summed E-state index contributed by atoms with van der Waals surface area (Å²) in [4.78, 5) is 12.0. The maximum Gasteiger partial charge on any atom is 0.261 e. The highest BCUT2D eigenvalue weighted by molar-refractivity contribution is 5.81. The zero-order valence-electron chi connectivity index (χ0n) is 13.3. The van der Waals surface area contributed by atoms with Crippen LogP contribution in [-0.2, 0) is 4.79 Å². The molecule has 0 saturated heterocycles. The zero-order chi connectivity index (χ0) is 16.9. The van der Waals surface area contributed by atoms with E-state index in [1.54, 1.807) is 0 Å². The fraction of sp³-hybridized carbons (Fsp3) is 0.562. The number of hydrogen-bond acceptors (Lipinski definition) is 3. The van der Waals surface area contributed by atoms with Gasteiger partial charge in [0.2, 0.25) is 0 Å². The second-order valence-corrected chi connectivity index (χ2v) is 6.49. The molecular formula is C16H23F2NO3. The Balaban J connectivity index is 2.62. The summed E-state index contributed by atoms with van der Waals surface area (Å²) in [5.41, 5.74) is -0.0507. The molecule has 0 heterocycles. The molecule has 4 nitrogen and oxygen atoms in total. The third-order valence-electron chi connectivity index (χ3n) is 3.00. The van der Waals surface area contributed by atoms with Gasteiger partial charge in [-0.3, -0.25) is 4.79 Å². The van der Waals surface area contributed by atoms with Crippen LogP contribution >= 0.6 is 0 Å². The quantitative estimate of drug-likeness (QED) is 0.848. The largest absolute Gasteiger partial charge is 0.481 e. The first-order valence-electron chi connectivity index (χ1n) is 7.15. The summed E-state index contributed by atoms with van der Waals surface area (Å²) in [6.07, 6.45) is -0.286. The van der Waals surface area contributed by atoms with Gasteiger partial charge in [0.1, 0.15) is 5.75 Å². The van der Waals surface area contributed by atoms with E-state index in [4.69, 9.17) is 4.74 Å². The Kier molecular flexibility index (Phi) is 6.29. The molecule has 0 aliphatic heterocycles.